The monoisotopic (exact) mass is 798 g/mol. The first kappa shape index (κ1) is 35.2. The fourth-order valence-electron chi connectivity index (χ4n) is 9.21. The highest BCUT2D eigenvalue weighted by Gasteiger charge is 2.42. The number of rotatable bonds is 6. The predicted octanol–water partition coefficient (Wildman–Crippen LogP) is 12.4. The maximum atomic E-state index is 15.9. The van der Waals surface area contributed by atoms with Gasteiger partial charge in [-0.3, -0.25) is 4.57 Å². The van der Waals surface area contributed by atoms with Crippen molar-refractivity contribution in [2.24, 2.45) is 0 Å². The van der Waals surface area contributed by atoms with Crippen LogP contribution in [0.3, 0.4) is 0 Å². The zero-order chi connectivity index (χ0) is 40.5. The summed E-state index contributed by atoms with van der Waals surface area (Å²) in [5.74, 6) is 1.61. The first-order chi connectivity index (χ1) is 30.1. The lowest BCUT2D eigenvalue weighted by Crippen LogP contribution is -2.20. The Kier molecular flexibility index (Phi) is 8.06. The molecule has 5 nitrogen and oxygen atoms in total. The van der Waals surface area contributed by atoms with Gasteiger partial charge >= 0.3 is 0 Å². The van der Waals surface area contributed by atoms with Crippen LogP contribution in [0.4, 0.5) is 0 Å². The average molecular weight is 799 g/mol. The minimum absolute atomic E-state index is 0.488. The summed E-state index contributed by atoms with van der Waals surface area (Å²) in [5, 5.41) is 6.89. The van der Waals surface area contributed by atoms with Crippen molar-refractivity contribution in [2.45, 2.75) is 0 Å². The van der Waals surface area contributed by atoms with Crippen LogP contribution in [0.25, 0.3) is 94.7 Å². The van der Waals surface area contributed by atoms with Crippen molar-refractivity contribution in [2.75, 3.05) is 0 Å². The van der Waals surface area contributed by atoms with E-state index in [-0.39, 0.29) is 0 Å². The Morgan fingerprint density at radius 2 is 0.918 bits per heavy atom. The number of hydrogen-bond acceptors (Lipinski definition) is 4. The number of aromatic nitrogens is 4. The van der Waals surface area contributed by atoms with Crippen molar-refractivity contribution in [3.8, 4) is 62.1 Å². The van der Waals surface area contributed by atoms with Gasteiger partial charge < -0.3 is 4.57 Å². The lowest BCUT2D eigenvalue weighted by Gasteiger charge is -2.16. The Balaban J connectivity index is 1.16. The highest BCUT2D eigenvalue weighted by molar-refractivity contribution is 7.86. The van der Waals surface area contributed by atoms with Gasteiger partial charge in [0.25, 0.3) is 0 Å². The lowest BCUT2D eigenvalue weighted by molar-refractivity contribution is 0.593. The van der Waals surface area contributed by atoms with Crippen LogP contribution in [-0.4, -0.2) is 19.5 Å². The SMILES string of the molecule is O=P1(c2ccccc2)c2ccccc2-c2c1ccc1c3c4ccccc4ccc3n(-c3nc(-c4ccc(-c5ccccc5)cc4)nc(-c4ccc(-c5ccccc5)cc4)n3)c21. The second-order valence-electron chi connectivity index (χ2n) is 15.5. The van der Waals surface area contributed by atoms with Crippen LogP contribution in [-0.2, 0) is 4.57 Å². The lowest BCUT2D eigenvalue weighted by atomic mass is 10.00. The Labute approximate surface area is 352 Å². The summed E-state index contributed by atoms with van der Waals surface area (Å²) in [6.45, 7) is 0. The molecule has 0 fully saturated rings. The first-order valence-electron chi connectivity index (χ1n) is 20.5. The number of nitrogens with zero attached hydrogens (tertiary/aromatic N) is 4. The molecule has 0 saturated carbocycles. The van der Waals surface area contributed by atoms with Crippen molar-refractivity contribution in [3.05, 3.63) is 212 Å². The Morgan fingerprint density at radius 1 is 0.393 bits per heavy atom. The smallest absolute Gasteiger partial charge is 0.238 e. The van der Waals surface area contributed by atoms with Crippen LogP contribution in [0.5, 0.6) is 0 Å². The van der Waals surface area contributed by atoms with Gasteiger partial charge in [-0.15, -0.1) is 0 Å². The summed E-state index contributed by atoms with van der Waals surface area (Å²) in [7, 11) is -3.25. The van der Waals surface area contributed by atoms with Crippen LogP contribution >= 0.6 is 7.14 Å². The van der Waals surface area contributed by atoms with Crippen LogP contribution < -0.4 is 15.9 Å². The molecule has 0 amide bonds. The van der Waals surface area contributed by atoms with Crippen molar-refractivity contribution >= 4 is 55.6 Å². The Bertz CT molecular complexity index is 3430. The molecular weight excluding hydrogens is 764 g/mol. The minimum Gasteiger partial charge on any atom is -0.309 e. The third kappa shape index (κ3) is 5.55. The number of benzene rings is 9. The van der Waals surface area contributed by atoms with E-state index >= 15 is 4.57 Å². The summed E-state index contributed by atoms with van der Waals surface area (Å²) in [6.07, 6.45) is 0. The van der Waals surface area contributed by atoms with Gasteiger partial charge in [-0.2, -0.15) is 9.97 Å². The van der Waals surface area contributed by atoms with E-state index in [1.54, 1.807) is 0 Å². The highest BCUT2D eigenvalue weighted by atomic mass is 31.2. The molecule has 9 aromatic carbocycles. The van der Waals surface area contributed by atoms with Crippen molar-refractivity contribution in [1.29, 1.82) is 0 Å². The summed E-state index contributed by atoms with van der Waals surface area (Å²) in [4.78, 5) is 15.9. The van der Waals surface area contributed by atoms with E-state index in [0.717, 1.165) is 93.0 Å². The molecule has 61 heavy (non-hydrogen) atoms. The second kappa shape index (κ2) is 13.9. The molecule has 0 bridgehead atoms. The van der Waals surface area contributed by atoms with Crippen LogP contribution in [0.2, 0.25) is 0 Å². The number of fused-ring (bicyclic) bond motifs is 9. The summed E-state index contributed by atoms with van der Waals surface area (Å²) < 4.78 is 18.1. The largest absolute Gasteiger partial charge is 0.309 e. The molecule has 6 heteroatoms. The van der Waals surface area contributed by atoms with Gasteiger partial charge in [0.1, 0.15) is 0 Å². The number of hydrogen-bond donors (Lipinski definition) is 0. The maximum absolute atomic E-state index is 15.9. The second-order valence-corrected chi connectivity index (χ2v) is 18.2. The van der Waals surface area contributed by atoms with Gasteiger partial charge in [-0.25, -0.2) is 4.98 Å². The molecule has 0 N–H and O–H groups in total. The minimum atomic E-state index is -3.25. The Hall–Kier alpha value is -7.72. The van der Waals surface area contributed by atoms with E-state index in [9.17, 15) is 0 Å². The van der Waals surface area contributed by atoms with Gasteiger partial charge in [0.2, 0.25) is 5.95 Å². The predicted molar refractivity (Wildman–Crippen MR) is 252 cm³/mol. The fraction of sp³-hybridized carbons (Fsp3) is 0. The third-order valence-corrected chi connectivity index (χ3v) is 15.2. The molecule has 1 aliphatic rings. The van der Waals surface area contributed by atoms with Gasteiger partial charge in [0.15, 0.2) is 18.8 Å². The first-order valence-corrected chi connectivity index (χ1v) is 22.2. The maximum Gasteiger partial charge on any atom is 0.238 e. The summed E-state index contributed by atoms with van der Waals surface area (Å²) in [6, 6.07) is 72.8. The van der Waals surface area contributed by atoms with E-state index in [0.29, 0.717) is 17.6 Å². The van der Waals surface area contributed by atoms with E-state index in [1.165, 1.54) is 0 Å². The molecule has 0 spiro atoms. The average Bonchev–Trinajstić information content (AvgIpc) is 3.82. The van der Waals surface area contributed by atoms with E-state index < -0.39 is 7.14 Å². The molecule has 0 saturated heterocycles. The van der Waals surface area contributed by atoms with Crippen LogP contribution in [0.1, 0.15) is 0 Å². The summed E-state index contributed by atoms with van der Waals surface area (Å²) in [5.41, 5.74) is 10.1. The van der Waals surface area contributed by atoms with Crippen LogP contribution in [0.15, 0.2) is 212 Å². The standard InChI is InChI=1S/C55H35N4OP/c60-61(43-19-8-3-9-20-43)48-23-13-12-22-45(48)51-49(61)35-33-46-50-44-21-11-10-18-40(44)32-34-47(50)59(52(46)51)55-57-53(41-28-24-38(25-29-41)36-14-4-1-5-15-36)56-54(58-55)42-30-26-39(27-31-42)37-16-6-2-7-17-37/h1-35H. The third-order valence-electron chi connectivity index (χ3n) is 12.1. The van der Waals surface area contributed by atoms with Gasteiger partial charge in [-0.1, -0.05) is 200 Å². The zero-order valence-electron chi connectivity index (χ0n) is 32.9. The van der Waals surface area contributed by atoms with E-state index in [2.05, 4.69) is 156 Å². The fourth-order valence-corrected chi connectivity index (χ4v) is 12.3. The molecule has 286 valence electrons. The zero-order valence-corrected chi connectivity index (χ0v) is 33.7. The normalized spacial score (nSPS) is 14.4. The van der Waals surface area contributed by atoms with Crippen molar-refractivity contribution < 1.29 is 4.57 Å². The molecule has 12 rings (SSSR count). The van der Waals surface area contributed by atoms with Gasteiger partial charge in [-0.05, 0) is 50.7 Å². The summed E-state index contributed by atoms with van der Waals surface area (Å²) >= 11 is 0. The molecule has 1 unspecified atom stereocenters. The molecular formula is C55H35N4OP. The quantitative estimate of drug-likeness (QED) is 0.157. The molecule has 1 atom stereocenters. The topological polar surface area (TPSA) is 60.7 Å². The van der Waals surface area contributed by atoms with Gasteiger partial charge in [0.05, 0.1) is 11.0 Å². The molecule has 0 radical (unpaired) electrons. The Morgan fingerprint density at radius 3 is 1.56 bits per heavy atom. The van der Waals surface area contributed by atoms with Crippen molar-refractivity contribution in [3.63, 3.8) is 0 Å². The molecule has 11 aromatic rings. The molecule has 0 aliphatic carbocycles. The van der Waals surface area contributed by atoms with Gasteiger partial charge in [0, 0.05) is 43.4 Å². The molecule has 2 aromatic heterocycles. The van der Waals surface area contributed by atoms with Crippen LogP contribution in [0, 0.1) is 0 Å². The molecule has 3 heterocycles. The van der Waals surface area contributed by atoms with Crippen molar-refractivity contribution in [1.82, 2.24) is 19.5 Å². The highest BCUT2D eigenvalue weighted by Crippen LogP contribution is 2.55. The van der Waals surface area contributed by atoms with E-state index in [1.807, 2.05) is 60.7 Å². The van der Waals surface area contributed by atoms with E-state index in [4.69, 9.17) is 15.0 Å². The molecule has 1 aliphatic heterocycles.